The largest absolute Gasteiger partial charge is 0.469 e. The highest BCUT2D eigenvalue weighted by Gasteiger charge is 2.12. The molecule has 5 heteroatoms. The van der Waals surface area contributed by atoms with Crippen molar-refractivity contribution in [1.82, 2.24) is 0 Å². The lowest BCUT2D eigenvalue weighted by Crippen LogP contribution is -2.04. The number of esters is 1. The van der Waals surface area contributed by atoms with Crippen LogP contribution in [0.5, 0.6) is 0 Å². The minimum Gasteiger partial charge on any atom is -0.469 e. The molecule has 0 aliphatic heterocycles. The van der Waals surface area contributed by atoms with Crippen LogP contribution < -0.4 is 0 Å². The van der Waals surface area contributed by atoms with Crippen LogP contribution in [0.2, 0.25) is 0 Å². The lowest BCUT2D eigenvalue weighted by Gasteiger charge is -2.03. The molecule has 0 heterocycles. The number of halogens is 2. The Labute approximate surface area is 104 Å². The fourth-order valence-electron chi connectivity index (χ4n) is 1.50. The van der Waals surface area contributed by atoms with E-state index in [-0.39, 0.29) is 24.4 Å². The summed E-state index contributed by atoms with van der Waals surface area (Å²) < 4.78 is 30.6. The molecule has 1 aromatic rings. The molecule has 0 aliphatic carbocycles. The van der Waals surface area contributed by atoms with Crippen LogP contribution in [0.1, 0.15) is 36.0 Å². The SMILES string of the molecule is COC(=O)CCCCC(=O)c1cc(F)ccc1F. The third-order valence-corrected chi connectivity index (χ3v) is 2.49. The predicted octanol–water partition coefficient (Wildman–Crippen LogP) is 2.88. The molecule has 0 amide bonds. The second-order valence-electron chi connectivity index (χ2n) is 3.83. The van der Waals surface area contributed by atoms with Gasteiger partial charge < -0.3 is 4.74 Å². The summed E-state index contributed by atoms with van der Waals surface area (Å²) in [6.45, 7) is 0. The van der Waals surface area contributed by atoms with E-state index < -0.39 is 17.4 Å². The molecule has 0 fully saturated rings. The number of ketones is 1. The van der Waals surface area contributed by atoms with Crippen molar-refractivity contribution >= 4 is 11.8 Å². The number of carbonyl (C=O) groups is 2. The fourth-order valence-corrected chi connectivity index (χ4v) is 1.50. The van der Waals surface area contributed by atoms with E-state index >= 15 is 0 Å². The van der Waals surface area contributed by atoms with Crippen LogP contribution in [0.3, 0.4) is 0 Å². The monoisotopic (exact) mass is 256 g/mol. The van der Waals surface area contributed by atoms with E-state index in [9.17, 15) is 18.4 Å². The van der Waals surface area contributed by atoms with Gasteiger partial charge in [0.05, 0.1) is 12.7 Å². The smallest absolute Gasteiger partial charge is 0.305 e. The van der Waals surface area contributed by atoms with Crippen molar-refractivity contribution in [2.45, 2.75) is 25.7 Å². The molecule has 18 heavy (non-hydrogen) atoms. The number of rotatable bonds is 6. The van der Waals surface area contributed by atoms with Crippen LogP contribution in [0.4, 0.5) is 8.78 Å². The standard InChI is InChI=1S/C13H14F2O3/c1-18-13(17)5-3-2-4-12(16)10-8-9(14)6-7-11(10)15/h6-8H,2-5H2,1H3. The lowest BCUT2D eigenvalue weighted by atomic mass is 10.0. The maximum Gasteiger partial charge on any atom is 0.305 e. The Kier molecular flexibility index (Phi) is 5.42. The van der Waals surface area contributed by atoms with Crippen LogP contribution >= 0.6 is 0 Å². The van der Waals surface area contributed by atoms with Crippen molar-refractivity contribution in [1.29, 1.82) is 0 Å². The fraction of sp³-hybridized carbons (Fsp3) is 0.385. The van der Waals surface area contributed by atoms with Gasteiger partial charge in [-0.05, 0) is 31.0 Å². The average molecular weight is 256 g/mol. The Morgan fingerprint density at radius 1 is 1.17 bits per heavy atom. The van der Waals surface area contributed by atoms with E-state index in [2.05, 4.69) is 4.74 Å². The molecule has 0 bridgehead atoms. The number of benzene rings is 1. The Morgan fingerprint density at radius 3 is 2.50 bits per heavy atom. The van der Waals surface area contributed by atoms with E-state index in [1.807, 2.05) is 0 Å². The number of carbonyl (C=O) groups excluding carboxylic acids is 2. The average Bonchev–Trinajstić information content (AvgIpc) is 2.36. The maximum atomic E-state index is 13.3. The molecule has 1 aromatic carbocycles. The van der Waals surface area contributed by atoms with Gasteiger partial charge in [0.2, 0.25) is 0 Å². The van der Waals surface area contributed by atoms with Gasteiger partial charge in [-0.25, -0.2) is 8.78 Å². The Hall–Kier alpha value is -1.78. The normalized spacial score (nSPS) is 10.2. The van der Waals surface area contributed by atoms with Gasteiger partial charge in [0.1, 0.15) is 11.6 Å². The zero-order valence-electron chi connectivity index (χ0n) is 10.0. The molecule has 1 rings (SSSR count). The minimum absolute atomic E-state index is 0.0807. The first-order valence-corrected chi connectivity index (χ1v) is 5.59. The van der Waals surface area contributed by atoms with E-state index in [0.29, 0.717) is 12.8 Å². The lowest BCUT2D eigenvalue weighted by molar-refractivity contribution is -0.140. The van der Waals surface area contributed by atoms with Crippen molar-refractivity contribution in [3.8, 4) is 0 Å². The van der Waals surface area contributed by atoms with Gasteiger partial charge in [-0.15, -0.1) is 0 Å². The van der Waals surface area contributed by atoms with Crippen LogP contribution in [0, 0.1) is 11.6 Å². The predicted molar refractivity (Wildman–Crippen MR) is 61.2 cm³/mol. The molecule has 98 valence electrons. The van der Waals surface area contributed by atoms with Gasteiger partial charge in [-0.2, -0.15) is 0 Å². The topological polar surface area (TPSA) is 43.4 Å². The van der Waals surface area contributed by atoms with Crippen molar-refractivity contribution in [2.75, 3.05) is 7.11 Å². The second-order valence-corrected chi connectivity index (χ2v) is 3.83. The number of Topliss-reactive ketones (excluding diaryl/α,β-unsaturated/α-hetero) is 1. The van der Waals surface area contributed by atoms with E-state index in [4.69, 9.17) is 0 Å². The van der Waals surface area contributed by atoms with E-state index in [1.165, 1.54) is 7.11 Å². The first-order chi connectivity index (χ1) is 8.54. The van der Waals surface area contributed by atoms with Crippen molar-refractivity contribution in [3.05, 3.63) is 35.4 Å². The molecule has 0 atom stereocenters. The highest BCUT2D eigenvalue weighted by Crippen LogP contribution is 2.14. The first-order valence-electron chi connectivity index (χ1n) is 5.59. The number of methoxy groups -OCH3 is 1. The highest BCUT2D eigenvalue weighted by molar-refractivity contribution is 5.96. The third kappa shape index (κ3) is 4.24. The van der Waals surface area contributed by atoms with E-state index in [1.54, 1.807) is 0 Å². The van der Waals surface area contributed by atoms with Gasteiger partial charge in [0.25, 0.3) is 0 Å². The van der Waals surface area contributed by atoms with Crippen LogP contribution in [0.15, 0.2) is 18.2 Å². The zero-order valence-corrected chi connectivity index (χ0v) is 10.0. The highest BCUT2D eigenvalue weighted by atomic mass is 19.1. The Balaban J connectivity index is 2.46. The summed E-state index contributed by atoms with van der Waals surface area (Å²) in [7, 11) is 1.29. The molecular formula is C13H14F2O3. The summed E-state index contributed by atoms with van der Waals surface area (Å²) in [5.41, 5.74) is -0.243. The van der Waals surface area contributed by atoms with Gasteiger partial charge in [0, 0.05) is 12.8 Å². The summed E-state index contributed by atoms with van der Waals surface area (Å²) in [6, 6.07) is 2.78. The van der Waals surface area contributed by atoms with Crippen molar-refractivity contribution < 1.29 is 23.1 Å². The van der Waals surface area contributed by atoms with Crippen molar-refractivity contribution in [3.63, 3.8) is 0 Å². The summed E-state index contributed by atoms with van der Waals surface area (Å²) in [4.78, 5) is 22.4. The zero-order chi connectivity index (χ0) is 13.5. The van der Waals surface area contributed by atoms with Crippen molar-refractivity contribution in [2.24, 2.45) is 0 Å². The van der Waals surface area contributed by atoms with Crippen LogP contribution in [-0.2, 0) is 9.53 Å². The Morgan fingerprint density at radius 2 is 1.83 bits per heavy atom. The van der Waals surface area contributed by atoms with Gasteiger partial charge in [0.15, 0.2) is 5.78 Å². The van der Waals surface area contributed by atoms with Gasteiger partial charge in [-0.3, -0.25) is 9.59 Å². The third-order valence-electron chi connectivity index (χ3n) is 2.49. The van der Waals surface area contributed by atoms with Crippen LogP contribution in [-0.4, -0.2) is 18.9 Å². The van der Waals surface area contributed by atoms with Gasteiger partial charge in [-0.1, -0.05) is 0 Å². The van der Waals surface area contributed by atoms with Gasteiger partial charge >= 0.3 is 5.97 Å². The quantitative estimate of drug-likeness (QED) is 0.446. The molecule has 3 nitrogen and oxygen atoms in total. The first kappa shape index (κ1) is 14.3. The minimum atomic E-state index is -0.727. The molecular weight excluding hydrogens is 242 g/mol. The molecule has 0 aliphatic rings. The number of unbranched alkanes of at least 4 members (excludes halogenated alkanes) is 1. The second kappa shape index (κ2) is 6.83. The van der Waals surface area contributed by atoms with E-state index in [0.717, 1.165) is 18.2 Å². The maximum absolute atomic E-state index is 13.3. The molecule has 0 spiro atoms. The summed E-state index contributed by atoms with van der Waals surface area (Å²) in [5, 5.41) is 0. The number of ether oxygens (including phenoxy) is 1. The molecule has 0 radical (unpaired) electrons. The summed E-state index contributed by atoms with van der Waals surface area (Å²) in [6.07, 6.45) is 1.21. The Bertz CT molecular complexity index is 444. The molecule has 0 saturated carbocycles. The molecule has 0 saturated heterocycles. The molecule has 0 unspecified atom stereocenters. The summed E-state index contributed by atoms with van der Waals surface area (Å²) >= 11 is 0. The number of hydrogen-bond donors (Lipinski definition) is 0. The number of hydrogen-bond acceptors (Lipinski definition) is 3. The summed E-state index contributed by atoms with van der Waals surface area (Å²) in [5.74, 6) is -2.18. The molecule has 0 N–H and O–H groups in total. The molecule has 0 aromatic heterocycles. The van der Waals surface area contributed by atoms with Crippen LogP contribution in [0.25, 0.3) is 0 Å².